The Kier molecular flexibility index (Phi) is 16.7. The SMILES string of the molecule is CC[c-]1cccc1C.CC[c-]1cccc1C.O=S(=O)([O-])C(F)(F)F.O=S(=O)([O-])C(F)(F)F.[Zr+4]. The van der Waals surface area contributed by atoms with Crippen molar-refractivity contribution in [3.8, 4) is 0 Å². The topological polar surface area (TPSA) is 114 Å². The predicted octanol–water partition coefficient (Wildman–Crippen LogP) is 4.65. The van der Waals surface area contributed by atoms with Crippen molar-refractivity contribution in [2.45, 2.75) is 51.6 Å². The Labute approximate surface area is 208 Å². The van der Waals surface area contributed by atoms with Crippen LogP contribution >= 0.6 is 0 Å². The number of alkyl halides is 6. The van der Waals surface area contributed by atoms with Gasteiger partial charge in [-0.05, 0) is 0 Å². The van der Waals surface area contributed by atoms with Crippen molar-refractivity contribution in [3.63, 3.8) is 0 Å². The van der Waals surface area contributed by atoms with Crippen LogP contribution in [0.4, 0.5) is 26.3 Å². The molecule has 33 heavy (non-hydrogen) atoms. The standard InChI is InChI=1S/2C8H11.2CHF3O3S.Zr/c2*1-3-8-6-4-5-7(8)2;2*2-1(3,4)8(5,6)7;/h2*4-6H,3H2,1-2H3;2*(H,5,6,7);/q2*-1;;;+4/p-2. The normalized spacial score (nSPS) is 11.5. The zero-order valence-electron chi connectivity index (χ0n) is 17.9. The summed E-state index contributed by atoms with van der Waals surface area (Å²) in [5.74, 6) is 0. The molecule has 2 aromatic rings. The van der Waals surface area contributed by atoms with Crippen LogP contribution in [0.15, 0.2) is 36.4 Å². The smallest absolute Gasteiger partial charge is 0.741 e. The minimum absolute atomic E-state index is 0. The summed E-state index contributed by atoms with van der Waals surface area (Å²) in [6.07, 6.45) is 2.33. The van der Waals surface area contributed by atoms with Gasteiger partial charge in [-0.15, -0.1) is 0 Å². The van der Waals surface area contributed by atoms with Gasteiger partial charge < -0.3 is 9.11 Å². The van der Waals surface area contributed by atoms with Gasteiger partial charge in [0.15, 0.2) is 20.2 Å². The molecule has 0 bridgehead atoms. The summed E-state index contributed by atoms with van der Waals surface area (Å²) in [6, 6.07) is 12.9. The monoisotopic (exact) mass is 602 g/mol. The van der Waals surface area contributed by atoms with Gasteiger partial charge in [0.2, 0.25) is 0 Å². The van der Waals surface area contributed by atoms with Crippen LogP contribution < -0.4 is 0 Å². The summed E-state index contributed by atoms with van der Waals surface area (Å²) in [7, 11) is -12.2. The van der Waals surface area contributed by atoms with Gasteiger partial charge in [-0.25, -0.2) is 41.1 Å². The van der Waals surface area contributed by atoms with E-state index in [1.807, 2.05) is 0 Å². The maximum absolute atomic E-state index is 10.7. The van der Waals surface area contributed by atoms with E-state index in [9.17, 15) is 26.3 Å². The van der Waals surface area contributed by atoms with Crippen molar-refractivity contribution in [2.24, 2.45) is 0 Å². The number of hydrogen-bond donors (Lipinski definition) is 0. The molecule has 0 unspecified atom stereocenters. The van der Waals surface area contributed by atoms with Crippen LogP contribution in [0, 0.1) is 13.8 Å². The van der Waals surface area contributed by atoms with Crippen LogP contribution in [-0.2, 0) is 59.3 Å². The Morgan fingerprint density at radius 2 is 0.939 bits per heavy atom. The molecule has 0 radical (unpaired) electrons. The molecule has 0 fully saturated rings. The number of rotatable bonds is 2. The number of hydrogen-bond acceptors (Lipinski definition) is 6. The van der Waals surface area contributed by atoms with Crippen LogP contribution in [0.1, 0.15) is 36.1 Å². The average Bonchev–Trinajstić information content (AvgIpc) is 3.20. The first-order valence-electron chi connectivity index (χ1n) is 8.65. The fraction of sp³-hybridized carbons (Fsp3) is 0.444. The van der Waals surface area contributed by atoms with Crippen molar-refractivity contribution in [1.29, 1.82) is 0 Å². The molecule has 0 spiro atoms. The molecule has 0 aliphatic carbocycles. The molecule has 15 heteroatoms. The Morgan fingerprint density at radius 3 is 1.00 bits per heavy atom. The van der Waals surface area contributed by atoms with E-state index in [2.05, 4.69) is 64.1 Å². The molecule has 0 aliphatic heterocycles. The molecular formula is C18H22F6O6S2Zr. The molecule has 0 atom stereocenters. The minimum atomic E-state index is -6.09. The molecule has 0 saturated heterocycles. The fourth-order valence-corrected chi connectivity index (χ4v) is 1.89. The Hall–Kier alpha value is -1.02. The summed E-state index contributed by atoms with van der Waals surface area (Å²) < 4.78 is 118. The quantitative estimate of drug-likeness (QED) is 0.214. The van der Waals surface area contributed by atoms with Gasteiger partial charge in [-0.2, -0.15) is 60.7 Å². The van der Waals surface area contributed by atoms with Crippen LogP contribution in [-0.4, -0.2) is 37.0 Å². The molecular weight excluding hydrogens is 582 g/mol. The van der Waals surface area contributed by atoms with E-state index >= 15 is 0 Å². The van der Waals surface area contributed by atoms with Crippen molar-refractivity contribution in [1.82, 2.24) is 0 Å². The first-order chi connectivity index (χ1) is 14.2. The molecule has 188 valence electrons. The molecule has 2 aromatic carbocycles. The van der Waals surface area contributed by atoms with Gasteiger partial charge in [0.1, 0.15) is 0 Å². The first-order valence-corrected chi connectivity index (χ1v) is 11.5. The molecule has 2 rings (SSSR count). The largest absolute Gasteiger partial charge is 4.00 e. The molecule has 6 nitrogen and oxygen atoms in total. The third-order valence-electron chi connectivity index (χ3n) is 3.63. The average molecular weight is 604 g/mol. The van der Waals surface area contributed by atoms with E-state index in [0.29, 0.717) is 0 Å². The zero-order valence-corrected chi connectivity index (χ0v) is 22.0. The maximum Gasteiger partial charge on any atom is 4.00 e. The Balaban J connectivity index is -0.000000360. The van der Waals surface area contributed by atoms with Gasteiger partial charge in [0.05, 0.1) is 0 Å². The van der Waals surface area contributed by atoms with Crippen molar-refractivity contribution in [3.05, 3.63) is 58.7 Å². The predicted molar refractivity (Wildman–Crippen MR) is 104 cm³/mol. The van der Waals surface area contributed by atoms with E-state index in [0.717, 1.165) is 0 Å². The summed E-state index contributed by atoms with van der Waals surface area (Å²) in [4.78, 5) is 0. The van der Waals surface area contributed by atoms with Crippen molar-refractivity contribution >= 4 is 20.2 Å². The van der Waals surface area contributed by atoms with Gasteiger partial charge in [-0.1, -0.05) is 40.5 Å². The maximum atomic E-state index is 10.7. The van der Waals surface area contributed by atoms with Crippen LogP contribution in [0.5, 0.6) is 0 Å². The van der Waals surface area contributed by atoms with E-state index in [-0.39, 0.29) is 26.2 Å². The molecule has 0 aromatic heterocycles. The molecule has 0 saturated carbocycles. The second kappa shape index (κ2) is 15.1. The van der Waals surface area contributed by atoms with E-state index in [1.54, 1.807) is 0 Å². The van der Waals surface area contributed by atoms with Crippen LogP contribution in [0.25, 0.3) is 0 Å². The summed E-state index contributed by atoms with van der Waals surface area (Å²) >= 11 is 0. The number of aryl methyl sites for hydroxylation is 4. The third-order valence-corrected chi connectivity index (χ3v) is 4.76. The van der Waals surface area contributed by atoms with Gasteiger partial charge in [0.25, 0.3) is 0 Å². The molecule has 0 heterocycles. The van der Waals surface area contributed by atoms with Gasteiger partial charge in [-0.3, -0.25) is 0 Å². The second-order valence-electron chi connectivity index (χ2n) is 5.97. The second-order valence-corrected chi connectivity index (χ2v) is 8.72. The van der Waals surface area contributed by atoms with E-state index in [4.69, 9.17) is 25.9 Å². The molecule has 0 N–H and O–H groups in total. The fourth-order valence-electron chi connectivity index (χ4n) is 1.89. The third kappa shape index (κ3) is 15.5. The van der Waals surface area contributed by atoms with Crippen LogP contribution in [0.2, 0.25) is 0 Å². The van der Waals surface area contributed by atoms with Crippen LogP contribution in [0.3, 0.4) is 0 Å². The van der Waals surface area contributed by atoms with Crippen molar-refractivity contribution < 1.29 is 78.5 Å². The Bertz CT molecular complexity index is 924. The molecule has 0 amide bonds. The molecule has 0 aliphatic rings. The zero-order chi connectivity index (χ0) is 26.0. The van der Waals surface area contributed by atoms with Gasteiger partial charge >= 0.3 is 37.2 Å². The summed E-state index contributed by atoms with van der Waals surface area (Å²) in [5, 5.41) is 0. The first kappa shape index (κ1) is 36.5. The summed E-state index contributed by atoms with van der Waals surface area (Å²) in [6.45, 7) is 8.67. The van der Waals surface area contributed by atoms with E-state index < -0.39 is 31.3 Å². The minimum Gasteiger partial charge on any atom is -0.741 e. The van der Waals surface area contributed by atoms with Crippen molar-refractivity contribution in [2.75, 3.05) is 0 Å². The number of halogens is 6. The van der Waals surface area contributed by atoms with Gasteiger partial charge in [0, 0.05) is 0 Å². The van der Waals surface area contributed by atoms with E-state index in [1.165, 1.54) is 35.1 Å². The summed E-state index contributed by atoms with van der Waals surface area (Å²) in [5.41, 5.74) is -5.49. The Morgan fingerprint density at radius 1 is 0.727 bits per heavy atom.